The molecule has 0 aliphatic heterocycles. The summed E-state index contributed by atoms with van der Waals surface area (Å²) in [6.45, 7) is 0. The smallest absolute Gasteiger partial charge is 0.272 e. The number of hydrogen-bond acceptors (Lipinski definition) is 3. The third-order valence-corrected chi connectivity index (χ3v) is 4.02. The molecule has 0 radical (unpaired) electrons. The average Bonchev–Trinajstić information content (AvgIpc) is 3.09. The molecule has 0 bridgehead atoms. The summed E-state index contributed by atoms with van der Waals surface area (Å²) in [6, 6.07) is 12.3. The van der Waals surface area contributed by atoms with Crippen LogP contribution in [-0.4, -0.2) is 22.3 Å². The molecule has 0 atom stereocenters. The van der Waals surface area contributed by atoms with E-state index in [1.165, 1.54) is 18.3 Å². The van der Waals surface area contributed by atoms with E-state index >= 15 is 0 Å². The number of benzene rings is 2. The third-order valence-electron chi connectivity index (χ3n) is 3.29. The minimum Gasteiger partial charge on any atom is -0.272 e. The molecule has 0 saturated carbocycles. The first-order chi connectivity index (χ1) is 12.0. The number of carbonyl (C=O) groups excluding carboxylic acids is 1. The van der Waals surface area contributed by atoms with Gasteiger partial charge in [0.15, 0.2) is 0 Å². The second-order valence-electron chi connectivity index (χ2n) is 5.05. The van der Waals surface area contributed by atoms with Gasteiger partial charge in [-0.1, -0.05) is 29.3 Å². The van der Waals surface area contributed by atoms with Gasteiger partial charge in [-0.25, -0.2) is 9.82 Å². The molecular weight excluding hydrogens is 366 g/mol. The maximum atomic E-state index is 12.9. The van der Waals surface area contributed by atoms with Crippen molar-refractivity contribution in [3.05, 3.63) is 75.7 Å². The summed E-state index contributed by atoms with van der Waals surface area (Å²) in [5.74, 6) is -0.800. The number of hydrazone groups is 1. The van der Waals surface area contributed by atoms with Gasteiger partial charge >= 0.3 is 0 Å². The summed E-state index contributed by atoms with van der Waals surface area (Å²) in [4.78, 5) is 12.1. The maximum absolute atomic E-state index is 12.9. The van der Waals surface area contributed by atoms with E-state index in [2.05, 4.69) is 20.7 Å². The Kier molecular flexibility index (Phi) is 5.11. The molecule has 1 heterocycles. The van der Waals surface area contributed by atoms with Crippen LogP contribution in [0, 0.1) is 5.82 Å². The van der Waals surface area contributed by atoms with Crippen molar-refractivity contribution in [3.8, 4) is 11.3 Å². The topological polar surface area (TPSA) is 70.1 Å². The summed E-state index contributed by atoms with van der Waals surface area (Å²) in [5, 5.41) is 11.3. The Balaban J connectivity index is 1.66. The molecule has 8 heteroatoms. The van der Waals surface area contributed by atoms with Crippen LogP contribution in [0.2, 0.25) is 10.0 Å². The molecule has 25 heavy (non-hydrogen) atoms. The fraction of sp³-hybridized carbons (Fsp3) is 0. The first-order valence-electron chi connectivity index (χ1n) is 7.13. The van der Waals surface area contributed by atoms with Crippen LogP contribution in [0.25, 0.3) is 11.3 Å². The molecule has 2 N–H and O–H groups in total. The van der Waals surface area contributed by atoms with Crippen LogP contribution in [0.4, 0.5) is 4.39 Å². The highest BCUT2D eigenvalue weighted by molar-refractivity contribution is 6.42. The monoisotopic (exact) mass is 376 g/mol. The zero-order valence-electron chi connectivity index (χ0n) is 12.6. The molecule has 2 aromatic carbocycles. The Labute approximate surface area is 152 Å². The maximum Gasteiger partial charge on any atom is 0.289 e. The lowest BCUT2D eigenvalue weighted by atomic mass is 10.1. The molecule has 3 rings (SSSR count). The zero-order chi connectivity index (χ0) is 17.8. The van der Waals surface area contributed by atoms with Crippen molar-refractivity contribution in [3.63, 3.8) is 0 Å². The normalized spacial score (nSPS) is 11.0. The number of carbonyl (C=O) groups is 1. The summed E-state index contributed by atoms with van der Waals surface area (Å²) < 4.78 is 12.9. The minimum absolute atomic E-state index is 0.227. The van der Waals surface area contributed by atoms with Gasteiger partial charge in [0.1, 0.15) is 11.5 Å². The van der Waals surface area contributed by atoms with E-state index in [4.69, 9.17) is 23.2 Å². The Hall–Kier alpha value is -2.70. The van der Waals surface area contributed by atoms with Crippen LogP contribution < -0.4 is 5.43 Å². The van der Waals surface area contributed by atoms with Gasteiger partial charge in [0.25, 0.3) is 5.91 Å². The minimum atomic E-state index is -0.461. The van der Waals surface area contributed by atoms with Crippen molar-refractivity contribution in [2.45, 2.75) is 0 Å². The van der Waals surface area contributed by atoms with Gasteiger partial charge < -0.3 is 0 Å². The SMILES string of the molecule is O=C(NN=Cc1ccc(Cl)c(Cl)c1)c1cc(-c2ccc(F)cc2)n[nH]1. The van der Waals surface area contributed by atoms with E-state index in [0.717, 1.165) is 0 Å². The molecule has 1 aromatic heterocycles. The van der Waals surface area contributed by atoms with Crippen LogP contribution in [0.5, 0.6) is 0 Å². The van der Waals surface area contributed by atoms with Gasteiger partial charge in [0, 0.05) is 5.56 Å². The Morgan fingerprint density at radius 2 is 1.88 bits per heavy atom. The first-order valence-corrected chi connectivity index (χ1v) is 7.88. The highest BCUT2D eigenvalue weighted by Gasteiger charge is 2.10. The molecule has 0 aliphatic rings. The highest BCUT2D eigenvalue weighted by atomic mass is 35.5. The quantitative estimate of drug-likeness (QED) is 0.526. The molecule has 126 valence electrons. The fourth-order valence-corrected chi connectivity index (χ4v) is 2.33. The van der Waals surface area contributed by atoms with Crippen molar-refractivity contribution >= 4 is 35.3 Å². The number of aromatic amines is 1. The summed E-state index contributed by atoms with van der Waals surface area (Å²) in [7, 11) is 0. The van der Waals surface area contributed by atoms with E-state index in [-0.39, 0.29) is 11.5 Å². The summed E-state index contributed by atoms with van der Waals surface area (Å²) >= 11 is 11.7. The first kappa shape index (κ1) is 17.1. The highest BCUT2D eigenvalue weighted by Crippen LogP contribution is 2.21. The Morgan fingerprint density at radius 3 is 2.60 bits per heavy atom. The molecule has 0 unspecified atom stereocenters. The number of halogens is 3. The van der Waals surface area contributed by atoms with Crippen molar-refractivity contribution in [2.24, 2.45) is 5.10 Å². The Morgan fingerprint density at radius 1 is 1.12 bits per heavy atom. The van der Waals surface area contributed by atoms with Crippen molar-refractivity contribution in [1.29, 1.82) is 0 Å². The van der Waals surface area contributed by atoms with Crippen molar-refractivity contribution in [1.82, 2.24) is 15.6 Å². The van der Waals surface area contributed by atoms with Crippen LogP contribution in [-0.2, 0) is 0 Å². The molecule has 0 spiro atoms. The number of nitrogens with zero attached hydrogens (tertiary/aromatic N) is 2. The summed E-state index contributed by atoms with van der Waals surface area (Å²) in [5.41, 5.74) is 4.51. The van der Waals surface area contributed by atoms with Crippen LogP contribution >= 0.6 is 23.2 Å². The summed E-state index contributed by atoms with van der Waals surface area (Å²) in [6.07, 6.45) is 1.44. The van der Waals surface area contributed by atoms with Gasteiger partial charge in [-0.05, 0) is 48.0 Å². The van der Waals surface area contributed by atoms with Crippen LogP contribution in [0.3, 0.4) is 0 Å². The largest absolute Gasteiger partial charge is 0.289 e. The number of rotatable bonds is 4. The number of H-pyrrole nitrogens is 1. The zero-order valence-corrected chi connectivity index (χ0v) is 14.1. The van der Waals surface area contributed by atoms with Crippen LogP contribution in [0.15, 0.2) is 53.6 Å². The van der Waals surface area contributed by atoms with Crippen molar-refractivity contribution < 1.29 is 9.18 Å². The molecule has 0 fully saturated rings. The van der Waals surface area contributed by atoms with Gasteiger partial charge in [-0.2, -0.15) is 10.2 Å². The van der Waals surface area contributed by atoms with Gasteiger partial charge in [-0.15, -0.1) is 0 Å². The Bertz CT molecular complexity index is 938. The van der Waals surface area contributed by atoms with Gasteiger partial charge in [0.05, 0.1) is 22.0 Å². The number of amides is 1. The van der Waals surface area contributed by atoms with E-state index in [1.807, 2.05) is 0 Å². The molecule has 3 aromatic rings. The molecular formula is C17H11Cl2FN4O. The van der Waals surface area contributed by atoms with Gasteiger partial charge in [0.2, 0.25) is 0 Å². The number of hydrogen-bond donors (Lipinski definition) is 2. The molecule has 0 saturated heterocycles. The second kappa shape index (κ2) is 7.46. The molecule has 0 aliphatic carbocycles. The number of aromatic nitrogens is 2. The van der Waals surface area contributed by atoms with E-state index in [1.54, 1.807) is 36.4 Å². The van der Waals surface area contributed by atoms with Gasteiger partial charge in [-0.3, -0.25) is 9.89 Å². The molecule has 5 nitrogen and oxygen atoms in total. The van der Waals surface area contributed by atoms with Crippen LogP contribution in [0.1, 0.15) is 16.1 Å². The predicted octanol–water partition coefficient (Wildman–Crippen LogP) is 4.29. The molecule has 1 amide bonds. The van der Waals surface area contributed by atoms with E-state index < -0.39 is 5.91 Å². The lowest BCUT2D eigenvalue weighted by Crippen LogP contribution is -2.18. The predicted molar refractivity (Wildman–Crippen MR) is 95.5 cm³/mol. The van der Waals surface area contributed by atoms with E-state index in [0.29, 0.717) is 26.9 Å². The lowest BCUT2D eigenvalue weighted by Gasteiger charge is -1.98. The van der Waals surface area contributed by atoms with Crippen molar-refractivity contribution in [2.75, 3.05) is 0 Å². The lowest BCUT2D eigenvalue weighted by molar-refractivity contribution is 0.0950. The third kappa shape index (κ3) is 4.23. The average molecular weight is 377 g/mol. The standard InChI is InChI=1S/C17H11Cl2FN4O/c18-13-6-1-10(7-14(13)19)9-21-24-17(25)16-8-15(22-23-16)11-2-4-12(20)5-3-11/h1-9H,(H,22,23)(H,24,25). The fourth-order valence-electron chi connectivity index (χ4n) is 2.02. The van der Waals surface area contributed by atoms with E-state index in [9.17, 15) is 9.18 Å². The number of nitrogens with one attached hydrogen (secondary N) is 2. The second-order valence-corrected chi connectivity index (χ2v) is 5.86.